The Balaban J connectivity index is 1.87. The van der Waals surface area contributed by atoms with E-state index >= 15 is 0 Å². The molecule has 9 heteroatoms. The molecule has 0 aliphatic heterocycles. The lowest BCUT2D eigenvalue weighted by Crippen LogP contribution is -2.06. The molecule has 3 aromatic rings. The number of nitrogens with one attached hydrogen (secondary N) is 1. The molecule has 0 radical (unpaired) electrons. The summed E-state index contributed by atoms with van der Waals surface area (Å²) in [7, 11) is 0. The van der Waals surface area contributed by atoms with Crippen LogP contribution in [0.1, 0.15) is 30.1 Å². The molecule has 0 saturated carbocycles. The summed E-state index contributed by atoms with van der Waals surface area (Å²) >= 11 is 19.5. The molecule has 136 valence electrons. The van der Waals surface area contributed by atoms with Gasteiger partial charge in [0.2, 0.25) is 4.77 Å². The Kier molecular flexibility index (Phi) is 6.13. The molecular formula is C17H16Cl2N4OS2. The lowest BCUT2D eigenvalue weighted by Gasteiger charge is -2.13. The van der Waals surface area contributed by atoms with Crippen molar-refractivity contribution in [3.63, 3.8) is 0 Å². The van der Waals surface area contributed by atoms with Gasteiger partial charge < -0.3 is 4.74 Å². The summed E-state index contributed by atoms with van der Waals surface area (Å²) in [6.07, 6.45) is 2.26. The van der Waals surface area contributed by atoms with Crippen LogP contribution in [0.15, 0.2) is 34.7 Å². The number of ether oxygens (including phenoxy) is 1. The highest BCUT2D eigenvalue weighted by molar-refractivity contribution is 7.71. The topological polar surface area (TPSA) is 55.2 Å². The van der Waals surface area contributed by atoms with E-state index < -0.39 is 0 Å². The molecule has 0 amide bonds. The van der Waals surface area contributed by atoms with Crippen molar-refractivity contribution in [3.8, 4) is 5.75 Å². The number of nitrogens with zero attached hydrogens (tertiary/aromatic N) is 3. The number of hydrogen-bond donors (Lipinski definition) is 1. The average Bonchev–Trinajstić information content (AvgIpc) is 3.20. The third-order valence-electron chi connectivity index (χ3n) is 3.33. The van der Waals surface area contributed by atoms with E-state index in [1.54, 1.807) is 34.4 Å². The van der Waals surface area contributed by atoms with Gasteiger partial charge in [0.25, 0.3) is 0 Å². The smallest absolute Gasteiger partial charge is 0.216 e. The van der Waals surface area contributed by atoms with Crippen molar-refractivity contribution in [3.05, 3.63) is 60.7 Å². The van der Waals surface area contributed by atoms with E-state index in [2.05, 4.69) is 15.3 Å². The van der Waals surface area contributed by atoms with Gasteiger partial charge in [-0.15, -0.1) is 11.3 Å². The summed E-state index contributed by atoms with van der Waals surface area (Å²) in [5.41, 5.74) is 0.737. The minimum absolute atomic E-state index is 0.0198. The van der Waals surface area contributed by atoms with Crippen molar-refractivity contribution in [2.45, 2.75) is 26.4 Å². The maximum Gasteiger partial charge on any atom is 0.216 e. The van der Waals surface area contributed by atoms with Crippen LogP contribution in [0.25, 0.3) is 0 Å². The molecule has 1 N–H and O–H groups in total. The highest BCUT2D eigenvalue weighted by Crippen LogP contribution is 2.34. The number of halogens is 2. The van der Waals surface area contributed by atoms with E-state index in [4.69, 9.17) is 40.2 Å². The third-order valence-corrected chi connectivity index (χ3v) is 5.03. The van der Waals surface area contributed by atoms with Gasteiger partial charge in [0.1, 0.15) is 0 Å². The molecule has 1 aromatic carbocycles. The predicted octanol–water partition coefficient (Wildman–Crippen LogP) is 5.57. The molecule has 0 spiro atoms. The number of benzene rings is 1. The van der Waals surface area contributed by atoms with Crippen molar-refractivity contribution in [1.82, 2.24) is 14.9 Å². The molecule has 3 rings (SSSR count). The highest BCUT2D eigenvalue weighted by Gasteiger charge is 2.11. The molecule has 0 bridgehead atoms. The van der Waals surface area contributed by atoms with Crippen LogP contribution in [0.5, 0.6) is 5.75 Å². The van der Waals surface area contributed by atoms with Crippen molar-refractivity contribution >= 4 is 53.0 Å². The van der Waals surface area contributed by atoms with Gasteiger partial charge in [0.15, 0.2) is 11.6 Å². The van der Waals surface area contributed by atoms with Crippen LogP contribution in [0.3, 0.4) is 0 Å². The quantitative estimate of drug-likeness (QED) is 0.413. The zero-order chi connectivity index (χ0) is 18.7. The fourth-order valence-corrected chi connectivity index (χ4v) is 3.75. The second kappa shape index (κ2) is 8.35. The van der Waals surface area contributed by atoms with Gasteiger partial charge in [0, 0.05) is 11.3 Å². The Hall–Kier alpha value is -1.67. The molecule has 0 atom stereocenters. The molecule has 0 aliphatic rings. The summed E-state index contributed by atoms with van der Waals surface area (Å²) in [6, 6.07) is 7.54. The summed E-state index contributed by atoms with van der Waals surface area (Å²) in [6.45, 7) is 3.83. The Morgan fingerprint density at radius 2 is 2.12 bits per heavy atom. The van der Waals surface area contributed by atoms with Gasteiger partial charge in [0.05, 0.1) is 22.4 Å². The van der Waals surface area contributed by atoms with E-state index in [0.29, 0.717) is 27.0 Å². The Morgan fingerprint density at radius 1 is 1.38 bits per heavy atom. The molecule has 0 aliphatic carbocycles. The van der Waals surface area contributed by atoms with Crippen LogP contribution in [-0.2, 0) is 6.42 Å². The molecule has 0 unspecified atom stereocenters. The zero-order valence-corrected chi connectivity index (χ0v) is 17.2. The van der Waals surface area contributed by atoms with E-state index in [0.717, 1.165) is 11.4 Å². The molecule has 26 heavy (non-hydrogen) atoms. The van der Waals surface area contributed by atoms with Crippen molar-refractivity contribution in [1.29, 1.82) is 0 Å². The van der Waals surface area contributed by atoms with Gasteiger partial charge in [-0.25, -0.2) is 0 Å². The first-order chi connectivity index (χ1) is 12.4. The number of aromatic amines is 1. The zero-order valence-electron chi connectivity index (χ0n) is 14.1. The van der Waals surface area contributed by atoms with Crippen LogP contribution in [0.2, 0.25) is 10.0 Å². The minimum Gasteiger partial charge on any atom is -0.488 e. The van der Waals surface area contributed by atoms with Gasteiger partial charge >= 0.3 is 0 Å². The normalized spacial score (nSPS) is 11.6. The van der Waals surface area contributed by atoms with Crippen LogP contribution >= 0.6 is 46.8 Å². The van der Waals surface area contributed by atoms with Gasteiger partial charge in [-0.3, -0.25) is 5.10 Å². The molecule has 5 nitrogen and oxygen atoms in total. The van der Waals surface area contributed by atoms with Crippen molar-refractivity contribution in [2.75, 3.05) is 0 Å². The van der Waals surface area contributed by atoms with E-state index in [-0.39, 0.29) is 6.10 Å². The van der Waals surface area contributed by atoms with Crippen molar-refractivity contribution in [2.24, 2.45) is 5.10 Å². The fraction of sp³-hybridized carbons (Fsp3) is 0.235. The molecule has 0 saturated heterocycles. The number of hydrogen-bond acceptors (Lipinski definition) is 5. The summed E-state index contributed by atoms with van der Waals surface area (Å²) in [4.78, 5) is 1.18. The standard InChI is InChI=1S/C17H16Cl2N4OS2/c1-10(2)24-16-13(18)6-11(7-14(16)19)9-20-23-15(21-22-17(23)25)8-12-4-3-5-26-12/h3-7,9-10H,8H2,1-2H3,(H,22,25)/b20-9-. The van der Waals surface area contributed by atoms with Gasteiger partial charge in [-0.1, -0.05) is 29.3 Å². The predicted molar refractivity (Wildman–Crippen MR) is 110 cm³/mol. The Morgan fingerprint density at radius 3 is 2.73 bits per heavy atom. The summed E-state index contributed by atoms with van der Waals surface area (Å²) in [5, 5.41) is 14.3. The maximum atomic E-state index is 6.28. The second-order valence-corrected chi connectivity index (χ2v) is 7.97. The van der Waals surface area contributed by atoms with E-state index in [1.807, 2.05) is 31.4 Å². The fourth-order valence-electron chi connectivity index (χ4n) is 2.25. The van der Waals surface area contributed by atoms with Gasteiger partial charge in [-0.2, -0.15) is 14.9 Å². The Labute approximate surface area is 170 Å². The first-order valence-electron chi connectivity index (χ1n) is 7.82. The molecule has 0 fully saturated rings. The first-order valence-corrected chi connectivity index (χ1v) is 9.87. The molecule has 2 heterocycles. The Bertz CT molecular complexity index is 954. The van der Waals surface area contributed by atoms with Crippen LogP contribution in [-0.4, -0.2) is 27.2 Å². The van der Waals surface area contributed by atoms with E-state index in [1.165, 1.54) is 4.88 Å². The highest BCUT2D eigenvalue weighted by atomic mass is 35.5. The minimum atomic E-state index is -0.0198. The SMILES string of the molecule is CC(C)Oc1c(Cl)cc(/C=N\n2c(Cc3cccs3)n[nH]c2=S)cc1Cl. The lowest BCUT2D eigenvalue weighted by atomic mass is 10.2. The summed E-state index contributed by atoms with van der Waals surface area (Å²) in [5.74, 6) is 1.20. The lowest BCUT2D eigenvalue weighted by molar-refractivity contribution is 0.243. The third kappa shape index (κ3) is 4.54. The summed E-state index contributed by atoms with van der Waals surface area (Å²) < 4.78 is 7.65. The monoisotopic (exact) mass is 426 g/mol. The second-order valence-electron chi connectivity index (χ2n) is 5.74. The molecule has 2 aromatic heterocycles. The average molecular weight is 427 g/mol. The van der Waals surface area contributed by atoms with Crippen molar-refractivity contribution < 1.29 is 4.74 Å². The van der Waals surface area contributed by atoms with Crippen LogP contribution in [0, 0.1) is 4.77 Å². The van der Waals surface area contributed by atoms with E-state index in [9.17, 15) is 0 Å². The maximum absolute atomic E-state index is 6.28. The number of aromatic nitrogens is 3. The number of rotatable bonds is 6. The first kappa shape index (κ1) is 19.1. The largest absolute Gasteiger partial charge is 0.488 e. The number of thiophene rings is 1. The van der Waals surface area contributed by atoms with Crippen LogP contribution in [0.4, 0.5) is 0 Å². The number of H-pyrrole nitrogens is 1. The van der Waals surface area contributed by atoms with Crippen LogP contribution < -0.4 is 4.74 Å². The molecular weight excluding hydrogens is 411 g/mol. The van der Waals surface area contributed by atoms with Gasteiger partial charge in [-0.05, 0) is 55.2 Å².